The molecule has 0 aliphatic heterocycles. The molecule has 4 aromatic rings. The van der Waals surface area contributed by atoms with Crippen molar-refractivity contribution in [2.45, 2.75) is 39.0 Å². The van der Waals surface area contributed by atoms with Crippen LogP contribution in [0.2, 0.25) is 10.0 Å². The third kappa shape index (κ3) is 7.12. The third-order valence-corrected chi connectivity index (χ3v) is 7.11. The number of nitrogens with zero attached hydrogens (tertiary/aromatic N) is 2. The van der Waals surface area contributed by atoms with Gasteiger partial charge in [-0.3, -0.25) is 14.2 Å². The van der Waals surface area contributed by atoms with Crippen molar-refractivity contribution >= 4 is 63.0 Å². The van der Waals surface area contributed by atoms with Crippen LogP contribution in [-0.2, 0) is 29.5 Å². The van der Waals surface area contributed by atoms with Crippen LogP contribution in [0.4, 0.5) is 0 Å². The number of hydrogen-bond acceptors (Lipinski definition) is 6. The van der Waals surface area contributed by atoms with Gasteiger partial charge in [0.2, 0.25) is 0 Å². The molecule has 0 saturated carbocycles. The molecule has 222 valence electrons. The molecular weight excluding hydrogens is 647 g/mol. The molecule has 9 nitrogen and oxygen atoms in total. The van der Waals surface area contributed by atoms with E-state index >= 15 is 0 Å². The molecule has 0 unspecified atom stereocenters. The average molecular weight is 678 g/mol. The van der Waals surface area contributed by atoms with E-state index in [2.05, 4.69) is 10.6 Å². The van der Waals surface area contributed by atoms with Gasteiger partial charge in [0.05, 0.1) is 38.3 Å². The van der Waals surface area contributed by atoms with Crippen LogP contribution in [0.5, 0.6) is 0 Å². The molecule has 1 atom stereocenters. The van der Waals surface area contributed by atoms with E-state index in [0.717, 1.165) is 10.1 Å². The van der Waals surface area contributed by atoms with Crippen LogP contribution < -0.4 is 21.9 Å². The number of amides is 1. The second-order valence-corrected chi connectivity index (χ2v) is 10.7. The molecule has 1 amide bonds. The molecule has 12 heteroatoms. The van der Waals surface area contributed by atoms with Gasteiger partial charge in [-0.05, 0) is 68.4 Å². The number of benzene rings is 3. The first-order chi connectivity index (χ1) is 19.5. The van der Waals surface area contributed by atoms with Gasteiger partial charge < -0.3 is 15.4 Å². The standard InChI is InChI=1S/C30H30Cl2N4O5.BrH/c1-17(2)41-29(39)24(34-27(37)26-22(31)6-5-7-23(26)32)15-18-8-11-20(12-9-18)36-28(38)21-14-19(16-33-3)10-13-25(21)35(4)30(36)40;/h5-14,17,24,33H,15-16H2,1-4H3,(H,34,37);1H/t24-;/m0./s1. The second-order valence-electron chi connectivity index (χ2n) is 9.84. The van der Waals surface area contributed by atoms with E-state index in [1.54, 1.807) is 63.4 Å². The van der Waals surface area contributed by atoms with E-state index in [1.807, 2.05) is 13.1 Å². The highest BCUT2D eigenvalue weighted by molar-refractivity contribution is 8.93. The summed E-state index contributed by atoms with van der Waals surface area (Å²) in [7, 11) is 3.43. The predicted octanol–water partition coefficient (Wildman–Crippen LogP) is 4.59. The first-order valence-corrected chi connectivity index (χ1v) is 13.7. The Morgan fingerprint density at radius 2 is 1.57 bits per heavy atom. The number of nitrogens with one attached hydrogen (secondary N) is 2. The molecule has 42 heavy (non-hydrogen) atoms. The summed E-state index contributed by atoms with van der Waals surface area (Å²) in [5.74, 6) is -1.25. The lowest BCUT2D eigenvalue weighted by Gasteiger charge is -2.20. The number of ether oxygens (including phenoxy) is 1. The topological polar surface area (TPSA) is 111 Å². The summed E-state index contributed by atoms with van der Waals surface area (Å²) in [5.41, 5.74) is 1.61. The lowest BCUT2D eigenvalue weighted by molar-refractivity contribution is -0.149. The first kappa shape index (κ1) is 33.1. The van der Waals surface area contributed by atoms with E-state index in [0.29, 0.717) is 28.7 Å². The quantitative estimate of drug-likeness (QED) is 0.251. The minimum Gasteiger partial charge on any atom is -0.461 e. The normalized spacial score (nSPS) is 11.7. The van der Waals surface area contributed by atoms with Gasteiger partial charge in [-0.15, -0.1) is 17.0 Å². The smallest absolute Gasteiger partial charge is 0.335 e. The fraction of sp³-hybridized carbons (Fsp3) is 0.267. The highest BCUT2D eigenvalue weighted by Gasteiger charge is 2.26. The van der Waals surface area contributed by atoms with Gasteiger partial charge >= 0.3 is 11.7 Å². The number of halogens is 3. The van der Waals surface area contributed by atoms with E-state index in [4.69, 9.17) is 27.9 Å². The van der Waals surface area contributed by atoms with Crippen molar-refractivity contribution < 1.29 is 14.3 Å². The lowest BCUT2D eigenvalue weighted by atomic mass is 10.0. The second kappa shape index (κ2) is 14.2. The van der Waals surface area contributed by atoms with Gasteiger partial charge in [0.25, 0.3) is 11.5 Å². The Labute approximate surface area is 263 Å². The lowest BCUT2D eigenvalue weighted by Crippen LogP contribution is -2.44. The molecule has 1 aromatic heterocycles. The number of aromatic nitrogens is 2. The van der Waals surface area contributed by atoms with Crippen LogP contribution in [0, 0.1) is 0 Å². The minimum atomic E-state index is -1.05. The number of carbonyl (C=O) groups excluding carboxylic acids is 2. The Morgan fingerprint density at radius 1 is 0.952 bits per heavy atom. The van der Waals surface area contributed by atoms with Gasteiger partial charge in [-0.1, -0.05) is 47.5 Å². The Bertz CT molecular complexity index is 1710. The van der Waals surface area contributed by atoms with Gasteiger partial charge in [0, 0.05) is 20.0 Å². The summed E-state index contributed by atoms with van der Waals surface area (Å²) in [4.78, 5) is 52.5. The average Bonchev–Trinajstić information content (AvgIpc) is 2.92. The summed E-state index contributed by atoms with van der Waals surface area (Å²) in [6, 6.07) is 15.7. The van der Waals surface area contributed by atoms with E-state index < -0.39 is 35.3 Å². The van der Waals surface area contributed by atoms with Crippen molar-refractivity contribution in [2.75, 3.05) is 7.05 Å². The Hall–Kier alpha value is -3.44. The zero-order valence-corrected chi connectivity index (χ0v) is 26.7. The van der Waals surface area contributed by atoms with E-state index in [9.17, 15) is 19.2 Å². The van der Waals surface area contributed by atoms with Crippen LogP contribution >= 0.6 is 40.2 Å². The van der Waals surface area contributed by atoms with Gasteiger partial charge in [0.15, 0.2) is 0 Å². The molecular formula is C30H31BrCl2N4O5. The molecule has 1 heterocycles. The fourth-order valence-electron chi connectivity index (χ4n) is 4.52. The Morgan fingerprint density at radius 3 is 2.17 bits per heavy atom. The molecule has 0 aliphatic carbocycles. The summed E-state index contributed by atoms with van der Waals surface area (Å²) >= 11 is 12.4. The number of aryl methyl sites for hydroxylation is 1. The molecule has 0 spiro atoms. The molecule has 0 fully saturated rings. The van der Waals surface area contributed by atoms with E-state index in [1.165, 1.54) is 16.7 Å². The maximum Gasteiger partial charge on any atom is 0.335 e. The van der Waals surface area contributed by atoms with Crippen molar-refractivity contribution in [3.05, 3.63) is 108 Å². The van der Waals surface area contributed by atoms with Crippen LogP contribution in [-0.4, -0.2) is 40.2 Å². The molecule has 0 aliphatic rings. The number of fused-ring (bicyclic) bond motifs is 1. The van der Waals surface area contributed by atoms with Crippen molar-refractivity contribution in [2.24, 2.45) is 7.05 Å². The summed E-state index contributed by atoms with van der Waals surface area (Å²) < 4.78 is 7.92. The predicted molar refractivity (Wildman–Crippen MR) is 171 cm³/mol. The fourth-order valence-corrected chi connectivity index (χ4v) is 5.09. The van der Waals surface area contributed by atoms with Crippen LogP contribution in [0.25, 0.3) is 16.6 Å². The van der Waals surface area contributed by atoms with Gasteiger partial charge in [-0.25, -0.2) is 14.2 Å². The zero-order valence-electron chi connectivity index (χ0n) is 23.4. The van der Waals surface area contributed by atoms with E-state index in [-0.39, 0.29) is 39.0 Å². The Kier molecular flexibility index (Phi) is 11.1. The zero-order chi connectivity index (χ0) is 29.8. The molecule has 0 saturated heterocycles. The minimum absolute atomic E-state index is 0. The molecule has 0 radical (unpaired) electrons. The van der Waals surface area contributed by atoms with Crippen LogP contribution in [0.15, 0.2) is 70.3 Å². The maximum absolute atomic E-state index is 13.4. The highest BCUT2D eigenvalue weighted by atomic mass is 79.9. The largest absolute Gasteiger partial charge is 0.461 e. The molecule has 3 aromatic carbocycles. The van der Waals surface area contributed by atoms with Crippen molar-refractivity contribution in [1.82, 2.24) is 19.8 Å². The Balaban J connectivity index is 0.00000484. The van der Waals surface area contributed by atoms with Crippen LogP contribution in [0.1, 0.15) is 35.3 Å². The van der Waals surface area contributed by atoms with Crippen molar-refractivity contribution in [1.29, 1.82) is 0 Å². The summed E-state index contributed by atoms with van der Waals surface area (Å²) in [5, 5.41) is 6.45. The van der Waals surface area contributed by atoms with Gasteiger partial charge in [0.1, 0.15) is 6.04 Å². The molecule has 2 N–H and O–H groups in total. The SMILES string of the molecule is Br.CNCc1ccc2c(c1)c(=O)n(-c1ccc(C[C@H](NC(=O)c3c(Cl)cccc3Cl)C(=O)OC(C)C)cc1)c(=O)n2C. The highest BCUT2D eigenvalue weighted by Crippen LogP contribution is 2.24. The number of esters is 1. The van der Waals surface area contributed by atoms with Gasteiger partial charge in [-0.2, -0.15) is 0 Å². The van der Waals surface area contributed by atoms with Crippen molar-refractivity contribution in [3.63, 3.8) is 0 Å². The maximum atomic E-state index is 13.4. The molecule has 0 bridgehead atoms. The number of rotatable bonds is 9. The summed E-state index contributed by atoms with van der Waals surface area (Å²) in [6.45, 7) is 3.99. The number of carbonyl (C=O) groups is 2. The third-order valence-electron chi connectivity index (χ3n) is 6.48. The number of hydrogen-bond donors (Lipinski definition) is 2. The first-order valence-electron chi connectivity index (χ1n) is 13.0. The molecule has 4 rings (SSSR count). The summed E-state index contributed by atoms with van der Waals surface area (Å²) in [6.07, 6.45) is -0.324. The monoisotopic (exact) mass is 676 g/mol. The van der Waals surface area contributed by atoms with Crippen molar-refractivity contribution in [3.8, 4) is 5.69 Å². The van der Waals surface area contributed by atoms with Crippen LogP contribution in [0.3, 0.4) is 0 Å².